The largest absolute Gasteiger partial charge is 0.508 e. The number of aliphatic hydroxyl groups is 3. The Hall–Kier alpha value is -3.50. The van der Waals surface area contributed by atoms with Crippen LogP contribution in [0.5, 0.6) is 5.75 Å². The van der Waals surface area contributed by atoms with Gasteiger partial charge in [-0.15, -0.1) is 0 Å². The smallest absolute Gasteiger partial charge is 0.306 e. The van der Waals surface area contributed by atoms with Crippen molar-refractivity contribution in [3.63, 3.8) is 0 Å². The van der Waals surface area contributed by atoms with Gasteiger partial charge in [0.05, 0.1) is 17.5 Å². The van der Waals surface area contributed by atoms with Gasteiger partial charge in [0.2, 0.25) is 5.78 Å². The summed E-state index contributed by atoms with van der Waals surface area (Å²) in [5.74, 6) is -8.63. The number of hydrogen-bond acceptors (Lipinski definition) is 10. The number of nitrogens with zero attached hydrogens (tertiary/aromatic N) is 1. The molecule has 4 rings (SSSR count). The molecule has 37 heavy (non-hydrogen) atoms. The molecule has 0 saturated heterocycles. The first kappa shape index (κ1) is 26.6. The van der Waals surface area contributed by atoms with Crippen LogP contribution in [0.3, 0.4) is 0 Å². The van der Waals surface area contributed by atoms with Gasteiger partial charge in [0.15, 0.2) is 17.2 Å². The number of rotatable bonds is 5. The lowest BCUT2D eigenvalue weighted by Crippen LogP contribution is -2.70. The fourth-order valence-electron chi connectivity index (χ4n) is 6.21. The zero-order valence-electron chi connectivity index (χ0n) is 21.3. The van der Waals surface area contributed by atoms with E-state index in [1.165, 1.54) is 25.1 Å². The lowest BCUT2D eigenvalue weighted by molar-refractivity contribution is -0.185. The van der Waals surface area contributed by atoms with Crippen LogP contribution in [0, 0.1) is 11.8 Å². The van der Waals surface area contributed by atoms with Gasteiger partial charge in [-0.3, -0.25) is 24.1 Å². The number of carbonyl (C=O) groups is 4. The van der Waals surface area contributed by atoms with Gasteiger partial charge in [-0.1, -0.05) is 26.0 Å². The molecule has 1 aromatic carbocycles. The number of ether oxygens (including phenoxy) is 1. The Labute approximate surface area is 213 Å². The minimum Gasteiger partial charge on any atom is -0.508 e. The fraction of sp³-hybridized carbons (Fsp3) is 0.481. The van der Waals surface area contributed by atoms with Crippen LogP contribution in [-0.4, -0.2) is 80.5 Å². The Kier molecular flexibility index (Phi) is 6.54. The number of phenolic OH excluding ortho intramolecular Hbond substituents is 1. The summed E-state index contributed by atoms with van der Waals surface area (Å²) in [5, 5.41) is 44.9. The van der Waals surface area contributed by atoms with E-state index in [4.69, 9.17) is 4.74 Å². The number of aliphatic hydroxyl groups excluding tert-OH is 2. The third-order valence-corrected chi connectivity index (χ3v) is 7.79. The molecule has 3 aliphatic rings. The van der Waals surface area contributed by atoms with E-state index in [2.05, 4.69) is 0 Å². The molecule has 0 heterocycles. The minimum atomic E-state index is -2.86. The zero-order chi connectivity index (χ0) is 27.6. The summed E-state index contributed by atoms with van der Waals surface area (Å²) in [4.78, 5) is 54.2. The summed E-state index contributed by atoms with van der Waals surface area (Å²) < 4.78 is 5.86. The van der Waals surface area contributed by atoms with Crippen LogP contribution >= 0.6 is 0 Å². The fourth-order valence-corrected chi connectivity index (χ4v) is 6.21. The Morgan fingerprint density at radius 2 is 1.78 bits per heavy atom. The number of ketones is 3. The third kappa shape index (κ3) is 3.61. The number of benzene rings is 1. The molecule has 198 valence electrons. The quantitative estimate of drug-likeness (QED) is 0.338. The molecule has 0 bridgehead atoms. The molecule has 0 amide bonds. The van der Waals surface area contributed by atoms with Crippen LogP contribution in [0.15, 0.2) is 35.1 Å². The molecule has 1 fully saturated rings. The first-order chi connectivity index (χ1) is 17.3. The summed E-state index contributed by atoms with van der Waals surface area (Å²) in [7, 11) is 3.03. The topological polar surface area (TPSA) is 162 Å². The van der Waals surface area contributed by atoms with Crippen molar-refractivity contribution in [2.45, 2.75) is 57.3 Å². The maximum absolute atomic E-state index is 14.1. The molecular formula is C27H31NO9. The maximum Gasteiger partial charge on any atom is 0.306 e. The summed E-state index contributed by atoms with van der Waals surface area (Å²) in [6.07, 6.45) is -0.892. The zero-order valence-corrected chi connectivity index (χ0v) is 21.3. The number of likely N-dealkylation sites (N-methyl/N-ethyl adjacent to an activating group) is 1. The van der Waals surface area contributed by atoms with Gasteiger partial charge in [-0.05, 0) is 45.0 Å². The van der Waals surface area contributed by atoms with E-state index in [9.17, 15) is 39.6 Å². The van der Waals surface area contributed by atoms with Crippen LogP contribution in [-0.2, 0) is 23.9 Å². The average molecular weight is 514 g/mol. The summed E-state index contributed by atoms with van der Waals surface area (Å²) >= 11 is 0. The van der Waals surface area contributed by atoms with Crippen molar-refractivity contribution >= 4 is 29.1 Å². The molecule has 0 radical (unpaired) electrons. The van der Waals surface area contributed by atoms with E-state index in [0.717, 1.165) is 6.92 Å². The maximum atomic E-state index is 14.1. The Morgan fingerprint density at radius 3 is 2.35 bits per heavy atom. The molecule has 1 aromatic rings. The summed E-state index contributed by atoms with van der Waals surface area (Å²) in [5.41, 5.74) is -3.47. The van der Waals surface area contributed by atoms with Crippen molar-refractivity contribution in [1.82, 2.24) is 4.90 Å². The van der Waals surface area contributed by atoms with Crippen LogP contribution in [0.1, 0.15) is 50.7 Å². The SMILES string of the molecule is CCCC(=O)O[C@H]1[C@H]2C(=C(O)c3c(O)cccc3[C@@H]2C)C(=O)[C@]2(O)C(O)=C(C(C)=O)C(=O)[C@@H](N(C)C)[C@H]12. The lowest BCUT2D eigenvalue weighted by atomic mass is 9.54. The monoisotopic (exact) mass is 513 g/mol. The molecule has 10 heteroatoms. The highest BCUT2D eigenvalue weighted by molar-refractivity contribution is 6.25. The van der Waals surface area contributed by atoms with Gasteiger partial charge in [0, 0.05) is 17.9 Å². The third-order valence-electron chi connectivity index (χ3n) is 7.79. The van der Waals surface area contributed by atoms with E-state index in [0.29, 0.717) is 12.0 Å². The minimum absolute atomic E-state index is 0.0124. The molecular weight excluding hydrogens is 482 g/mol. The number of esters is 1. The highest BCUT2D eigenvalue weighted by Gasteiger charge is 2.69. The predicted molar refractivity (Wildman–Crippen MR) is 131 cm³/mol. The van der Waals surface area contributed by atoms with Crippen molar-refractivity contribution in [3.8, 4) is 5.75 Å². The second-order valence-corrected chi connectivity index (χ2v) is 10.2. The molecule has 0 aromatic heterocycles. The Morgan fingerprint density at radius 1 is 1.14 bits per heavy atom. The normalized spacial score (nSPS) is 31.2. The summed E-state index contributed by atoms with van der Waals surface area (Å²) in [6.45, 7) is 4.52. The van der Waals surface area contributed by atoms with E-state index in [1.54, 1.807) is 26.0 Å². The van der Waals surface area contributed by atoms with Gasteiger partial charge in [-0.25, -0.2) is 0 Å². The Bertz CT molecular complexity index is 1280. The molecule has 0 aliphatic heterocycles. The van der Waals surface area contributed by atoms with Crippen molar-refractivity contribution in [1.29, 1.82) is 0 Å². The molecule has 6 atom stereocenters. The van der Waals surface area contributed by atoms with Crippen molar-refractivity contribution in [2.75, 3.05) is 14.1 Å². The van der Waals surface area contributed by atoms with Crippen molar-refractivity contribution in [3.05, 3.63) is 46.2 Å². The first-order valence-corrected chi connectivity index (χ1v) is 12.2. The summed E-state index contributed by atoms with van der Waals surface area (Å²) in [6, 6.07) is 3.25. The molecule has 4 N–H and O–H groups in total. The van der Waals surface area contributed by atoms with E-state index in [-0.39, 0.29) is 23.3 Å². The van der Waals surface area contributed by atoms with E-state index < -0.39 is 75.9 Å². The van der Waals surface area contributed by atoms with Crippen LogP contribution < -0.4 is 0 Å². The van der Waals surface area contributed by atoms with Crippen LogP contribution in [0.2, 0.25) is 0 Å². The van der Waals surface area contributed by atoms with Crippen LogP contribution in [0.25, 0.3) is 5.76 Å². The van der Waals surface area contributed by atoms with Crippen molar-refractivity contribution < 1.29 is 44.3 Å². The molecule has 1 saturated carbocycles. The highest BCUT2D eigenvalue weighted by atomic mass is 16.5. The first-order valence-electron chi connectivity index (χ1n) is 12.2. The van der Waals surface area contributed by atoms with Crippen LogP contribution in [0.4, 0.5) is 0 Å². The van der Waals surface area contributed by atoms with E-state index in [1.807, 2.05) is 0 Å². The van der Waals surface area contributed by atoms with E-state index >= 15 is 0 Å². The average Bonchev–Trinajstić information content (AvgIpc) is 2.80. The second kappa shape index (κ2) is 9.11. The number of carbonyl (C=O) groups excluding carboxylic acids is 4. The standard InChI is InChI=1S/C27H31NO9/c1-6-8-15(31)37-24-16-11(2)13-9-7-10-14(30)18(13)22(32)19(16)26(35)27(36)20(24)21(28(4)5)23(33)17(12(3)29)25(27)34/h7,9-11,16,20-21,24,30,32,34,36H,6,8H2,1-5H3/t11-,16+,20+,21-,24-,27+/m0/s1. The van der Waals surface area contributed by atoms with Gasteiger partial charge < -0.3 is 25.2 Å². The van der Waals surface area contributed by atoms with Gasteiger partial charge >= 0.3 is 5.97 Å². The number of Topliss-reactive ketones (excluding diaryl/α,β-unsaturated/α-hetero) is 3. The number of phenols is 1. The van der Waals surface area contributed by atoms with Gasteiger partial charge in [-0.2, -0.15) is 0 Å². The van der Waals surface area contributed by atoms with Crippen molar-refractivity contribution in [2.24, 2.45) is 11.8 Å². The second-order valence-electron chi connectivity index (χ2n) is 10.2. The number of fused-ring (bicyclic) bond motifs is 3. The van der Waals surface area contributed by atoms with Gasteiger partial charge in [0.25, 0.3) is 0 Å². The Balaban J connectivity index is 2.09. The molecule has 10 nitrogen and oxygen atoms in total. The molecule has 0 spiro atoms. The molecule has 3 aliphatic carbocycles. The number of aromatic hydroxyl groups is 1. The predicted octanol–water partition coefficient (Wildman–Crippen LogP) is 1.95. The number of hydrogen-bond donors (Lipinski definition) is 4. The lowest BCUT2D eigenvalue weighted by Gasteiger charge is -2.54. The molecule has 0 unspecified atom stereocenters. The van der Waals surface area contributed by atoms with Gasteiger partial charge in [0.1, 0.15) is 28.9 Å². The highest BCUT2D eigenvalue weighted by Crippen LogP contribution is 2.57.